The van der Waals surface area contributed by atoms with Crippen molar-refractivity contribution >= 4 is 28.1 Å². The predicted molar refractivity (Wildman–Crippen MR) is 115 cm³/mol. The zero-order valence-electron chi connectivity index (χ0n) is 16.0. The monoisotopic (exact) mass is 405 g/mol. The van der Waals surface area contributed by atoms with Crippen molar-refractivity contribution < 1.29 is 9.50 Å². The lowest BCUT2D eigenvalue weighted by molar-refractivity contribution is 0.477. The fraction of sp³-hybridized carbons (Fsp3) is 0.217. The molecule has 1 N–H and O–H groups in total. The summed E-state index contributed by atoms with van der Waals surface area (Å²) >= 11 is 1.80. The maximum absolute atomic E-state index is 14.1. The quantitative estimate of drug-likeness (QED) is 0.464. The minimum absolute atomic E-state index is 0.131. The fourth-order valence-corrected chi connectivity index (χ4v) is 5.06. The molecule has 1 aliphatic rings. The van der Waals surface area contributed by atoms with Crippen LogP contribution < -0.4 is 4.90 Å². The highest BCUT2D eigenvalue weighted by molar-refractivity contribution is 7.12. The van der Waals surface area contributed by atoms with Crippen LogP contribution in [0, 0.1) is 12.7 Å². The average Bonchev–Trinajstić information content (AvgIpc) is 3.36. The van der Waals surface area contributed by atoms with Gasteiger partial charge in [-0.25, -0.2) is 14.4 Å². The topological polar surface area (TPSA) is 49.2 Å². The molecule has 2 aromatic carbocycles. The zero-order valence-corrected chi connectivity index (χ0v) is 16.8. The first-order valence-electron chi connectivity index (χ1n) is 9.69. The number of nitrogens with zero attached hydrogens (tertiary/aromatic N) is 3. The van der Waals surface area contributed by atoms with E-state index in [1.165, 1.54) is 21.9 Å². The van der Waals surface area contributed by atoms with Crippen molar-refractivity contribution in [2.75, 3.05) is 11.4 Å². The van der Waals surface area contributed by atoms with Crippen LogP contribution in [0.5, 0.6) is 5.75 Å². The SMILES string of the molecule is Cc1ccc(C2CCCN2c2nc(-c3ccccc3O)nc3ccc(F)cc23)s1. The van der Waals surface area contributed by atoms with Gasteiger partial charge in [0, 0.05) is 21.7 Å². The van der Waals surface area contributed by atoms with Crippen molar-refractivity contribution in [3.8, 4) is 17.1 Å². The Morgan fingerprint density at radius 3 is 2.76 bits per heavy atom. The zero-order chi connectivity index (χ0) is 20.0. The largest absolute Gasteiger partial charge is 0.507 e. The lowest BCUT2D eigenvalue weighted by Crippen LogP contribution is -2.23. The Labute approximate surface area is 172 Å². The number of aromatic nitrogens is 2. The molecule has 1 unspecified atom stereocenters. The number of para-hydroxylation sites is 1. The maximum Gasteiger partial charge on any atom is 0.165 e. The van der Waals surface area contributed by atoms with Crippen LogP contribution in [-0.4, -0.2) is 21.6 Å². The van der Waals surface area contributed by atoms with Gasteiger partial charge in [-0.05, 0) is 62.2 Å². The van der Waals surface area contributed by atoms with Crippen LogP contribution in [0.1, 0.15) is 28.6 Å². The molecule has 1 saturated heterocycles. The van der Waals surface area contributed by atoms with E-state index < -0.39 is 0 Å². The first kappa shape index (κ1) is 18.1. The van der Waals surface area contributed by atoms with E-state index in [0.29, 0.717) is 22.3 Å². The van der Waals surface area contributed by atoms with Crippen molar-refractivity contribution in [1.82, 2.24) is 9.97 Å². The predicted octanol–water partition coefficient (Wildman–Crippen LogP) is 5.85. The van der Waals surface area contributed by atoms with E-state index in [0.717, 1.165) is 25.2 Å². The van der Waals surface area contributed by atoms with Crippen LogP contribution in [0.3, 0.4) is 0 Å². The third-order valence-corrected chi connectivity index (χ3v) is 6.50. The highest BCUT2D eigenvalue weighted by atomic mass is 32.1. The molecule has 4 aromatic rings. The molecule has 0 aliphatic carbocycles. The summed E-state index contributed by atoms with van der Waals surface area (Å²) in [6.45, 7) is 2.96. The number of thiophene rings is 1. The van der Waals surface area contributed by atoms with Gasteiger partial charge in [0.05, 0.1) is 17.1 Å². The van der Waals surface area contributed by atoms with Gasteiger partial charge in [0.15, 0.2) is 5.82 Å². The average molecular weight is 405 g/mol. The fourth-order valence-electron chi connectivity index (χ4n) is 4.04. The van der Waals surface area contributed by atoms with E-state index in [1.54, 1.807) is 35.6 Å². The van der Waals surface area contributed by atoms with E-state index in [2.05, 4.69) is 28.9 Å². The second kappa shape index (κ2) is 7.12. The molecule has 0 radical (unpaired) electrons. The summed E-state index contributed by atoms with van der Waals surface area (Å²) in [6.07, 6.45) is 2.08. The molecule has 0 bridgehead atoms. The molecule has 3 heterocycles. The van der Waals surface area contributed by atoms with Gasteiger partial charge in [-0.15, -0.1) is 11.3 Å². The van der Waals surface area contributed by atoms with E-state index in [1.807, 2.05) is 6.07 Å². The lowest BCUT2D eigenvalue weighted by atomic mass is 10.1. The lowest BCUT2D eigenvalue weighted by Gasteiger charge is -2.26. The van der Waals surface area contributed by atoms with Crippen LogP contribution in [0.25, 0.3) is 22.3 Å². The highest BCUT2D eigenvalue weighted by Gasteiger charge is 2.30. The van der Waals surface area contributed by atoms with Crippen molar-refractivity contribution in [1.29, 1.82) is 0 Å². The Hall–Kier alpha value is -2.99. The number of rotatable bonds is 3. The Balaban J connectivity index is 1.71. The van der Waals surface area contributed by atoms with E-state index >= 15 is 0 Å². The number of phenolic OH excluding ortho intramolecular Hbond substituents is 1. The summed E-state index contributed by atoms with van der Waals surface area (Å²) in [6, 6.07) is 16.2. The van der Waals surface area contributed by atoms with Crippen LogP contribution in [0.2, 0.25) is 0 Å². The van der Waals surface area contributed by atoms with Gasteiger partial charge in [-0.1, -0.05) is 12.1 Å². The molecule has 1 fully saturated rings. The smallest absolute Gasteiger partial charge is 0.165 e. The van der Waals surface area contributed by atoms with Crippen LogP contribution in [0.4, 0.5) is 10.2 Å². The molecule has 5 rings (SSSR count). The second-order valence-corrected chi connectivity index (χ2v) is 8.67. The normalized spacial score (nSPS) is 16.6. The minimum Gasteiger partial charge on any atom is -0.507 e. The summed E-state index contributed by atoms with van der Waals surface area (Å²) in [5.74, 6) is 0.999. The molecule has 6 heteroatoms. The van der Waals surface area contributed by atoms with Crippen LogP contribution in [0.15, 0.2) is 54.6 Å². The number of aromatic hydroxyl groups is 1. The number of aryl methyl sites for hydroxylation is 1. The van der Waals surface area contributed by atoms with Gasteiger partial charge in [-0.3, -0.25) is 0 Å². The number of anilines is 1. The highest BCUT2D eigenvalue weighted by Crippen LogP contribution is 2.41. The van der Waals surface area contributed by atoms with Crippen LogP contribution in [-0.2, 0) is 0 Å². The summed E-state index contributed by atoms with van der Waals surface area (Å²) in [7, 11) is 0. The number of hydrogen-bond acceptors (Lipinski definition) is 5. The van der Waals surface area contributed by atoms with Crippen molar-refractivity contribution in [2.24, 2.45) is 0 Å². The molecule has 1 atom stereocenters. The molecule has 29 heavy (non-hydrogen) atoms. The van der Waals surface area contributed by atoms with Gasteiger partial charge >= 0.3 is 0 Å². The van der Waals surface area contributed by atoms with Crippen molar-refractivity contribution in [3.05, 3.63) is 70.2 Å². The number of benzene rings is 2. The Morgan fingerprint density at radius 1 is 1.10 bits per heavy atom. The molecular weight excluding hydrogens is 385 g/mol. The molecule has 0 saturated carbocycles. The number of phenols is 1. The summed E-state index contributed by atoms with van der Waals surface area (Å²) in [4.78, 5) is 14.3. The number of fused-ring (bicyclic) bond motifs is 1. The summed E-state index contributed by atoms with van der Waals surface area (Å²) < 4.78 is 14.1. The minimum atomic E-state index is -0.305. The molecule has 4 nitrogen and oxygen atoms in total. The van der Waals surface area contributed by atoms with Crippen molar-refractivity contribution in [2.45, 2.75) is 25.8 Å². The standard InChI is InChI=1S/C23H20FN3OS/c1-14-8-11-21(29-14)19-6-4-12-27(19)23-17-13-15(24)9-10-18(17)25-22(26-23)16-5-2-3-7-20(16)28/h2-3,5,7-11,13,19,28H,4,6,12H2,1H3. The van der Waals surface area contributed by atoms with Gasteiger partial charge < -0.3 is 10.0 Å². The Bertz CT molecular complexity index is 1210. The first-order chi connectivity index (χ1) is 14.1. The van der Waals surface area contributed by atoms with Gasteiger partial charge in [-0.2, -0.15) is 0 Å². The molecule has 0 amide bonds. The third kappa shape index (κ3) is 3.23. The number of hydrogen-bond donors (Lipinski definition) is 1. The Kier molecular flexibility index (Phi) is 4.43. The molecule has 2 aromatic heterocycles. The molecule has 1 aliphatic heterocycles. The third-order valence-electron chi connectivity index (χ3n) is 5.40. The Morgan fingerprint density at radius 2 is 1.97 bits per heavy atom. The van der Waals surface area contributed by atoms with Crippen LogP contribution >= 0.6 is 11.3 Å². The number of halogens is 1. The van der Waals surface area contributed by atoms with Gasteiger partial charge in [0.1, 0.15) is 17.4 Å². The molecule has 146 valence electrons. The molecular formula is C23H20FN3OS. The van der Waals surface area contributed by atoms with Crippen molar-refractivity contribution in [3.63, 3.8) is 0 Å². The summed E-state index contributed by atoms with van der Waals surface area (Å²) in [5.41, 5.74) is 1.24. The van der Waals surface area contributed by atoms with Gasteiger partial charge in [0.2, 0.25) is 0 Å². The maximum atomic E-state index is 14.1. The van der Waals surface area contributed by atoms with E-state index in [4.69, 9.17) is 4.98 Å². The first-order valence-corrected chi connectivity index (χ1v) is 10.5. The van der Waals surface area contributed by atoms with E-state index in [-0.39, 0.29) is 17.6 Å². The molecule has 0 spiro atoms. The van der Waals surface area contributed by atoms with Gasteiger partial charge in [0.25, 0.3) is 0 Å². The second-order valence-electron chi connectivity index (χ2n) is 7.35. The van der Waals surface area contributed by atoms with E-state index in [9.17, 15) is 9.50 Å². The summed E-state index contributed by atoms with van der Waals surface area (Å²) in [5, 5.41) is 11.0.